The van der Waals surface area contributed by atoms with Crippen LogP contribution in [0.5, 0.6) is 0 Å². The number of benzene rings is 3. The lowest BCUT2D eigenvalue weighted by Gasteiger charge is -2.26. The Morgan fingerprint density at radius 2 is 1.35 bits per heavy atom. The SMILES string of the molecule is CCN1C=CC(=CC(=CC=Cc2cc[n+](CC)c3ccccc23)c2cc[n+](CC)c3ccccc23)c2ccccc21.[I-].[I-]. The molecule has 0 aliphatic carbocycles. The van der Waals surface area contributed by atoms with Crippen molar-refractivity contribution in [2.75, 3.05) is 11.4 Å². The molecule has 6 rings (SSSR count). The summed E-state index contributed by atoms with van der Waals surface area (Å²) in [5.41, 5.74) is 9.86. The highest BCUT2D eigenvalue weighted by molar-refractivity contribution is 5.99. The topological polar surface area (TPSA) is 11.0 Å². The Hall–Kier alpha value is -3.30. The van der Waals surface area contributed by atoms with Crippen molar-refractivity contribution in [3.05, 3.63) is 145 Å². The molecule has 0 unspecified atom stereocenters. The summed E-state index contributed by atoms with van der Waals surface area (Å²) in [5, 5.41) is 2.52. The molecular formula is C38H37I2N3. The van der Waals surface area contributed by atoms with Crippen molar-refractivity contribution in [3.8, 4) is 0 Å². The summed E-state index contributed by atoms with van der Waals surface area (Å²) in [6, 6.07) is 30.6. The molecule has 0 spiro atoms. The van der Waals surface area contributed by atoms with Crippen LogP contribution in [0, 0.1) is 0 Å². The highest BCUT2D eigenvalue weighted by Crippen LogP contribution is 2.35. The van der Waals surface area contributed by atoms with E-state index in [4.69, 9.17) is 0 Å². The number of aryl methyl sites for hydroxylation is 2. The minimum atomic E-state index is 0. The van der Waals surface area contributed by atoms with Gasteiger partial charge in [0, 0.05) is 53.8 Å². The van der Waals surface area contributed by atoms with Crippen LogP contribution in [0.4, 0.5) is 5.69 Å². The third kappa shape index (κ3) is 6.63. The second kappa shape index (κ2) is 14.9. The Bertz CT molecular complexity index is 1870. The molecule has 2 aromatic heterocycles. The minimum Gasteiger partial charge on any atom is -1.00 e. The number of hydrogen-bond donors (Lipinski definition) is 0. The number of halogens is 2. The van der Waals surface area contributed by atoms with E-state index in [1.54, 1.807) is 0 Å². The number of aromatic nitrogens is 2. The standard InChI is InChI=1S/C38H37N3.2HI/c1-4-39-25-22-29(33-16-7-10-19-36(33)39)14-13-15-30(32-24-27-41(6-3)38-21-12-9-18-35(32)38)28-31-23-26-40(5-2)37-20-11-8-17-34(31)37;;/h7-28H,4-6H2,1-3H3;2*1H/q+2;;/p-2. The molecule has 1 aliphatic rings. The fourth-order valence-corrected chi connectivity index (χ4v) is 5.89. The van der Waals surface area contributed by atoms with Crippen LogP contribution in [0.15, 0.2) is 128 Å². The number of hydrogen-bond acceptors (Lipinski definition) is 1. The Labute approximate surface area is 289 Å². The summed E-state index contributed by atoms with van der Waals surface area (Å²) < 4.78 is 4.61. The maximum absolute atomic E-state index is 2.35. The average molecular weight is 790 g/mol. The van der Waals surface area contributed by atoms with Crippen LogP contribution in [0.2, 0.25) is 0 Å². The van der Waals surface area contributed by atoms with Crippen molar-refractivity contribution in [3.63, 3.8) is 0 Å². The van der Waals surface area contributed by atoms with Gasteiger partial charge in [0.05, 0.1) is 10.8 Å². The number of rotatable bonds is 7. The average Bonchev–Trinajstić information content (AvgIpc) is 3.04. The van der Waals surface area contributed by atoms with E-state index in [0.717, 1.165) is 19.6 Å². The molecule has 218 valence electrons. The van der Waals surface area contributed by atoms with Crippen LogP contribution in [-0.2, 0) is 13.1 Å². The number of allylic oxidation sites excluding steroid dienone is 6. The van der Waals surface area contributed by atoms with Gasteiger partial charge in [0.25, 0.3) is 0 Å². The van der Waals surface area contributed by atoms with Gasteiger partial charge in [-0.1, -0.05) is 60.7 Å². The van der Waals surface area contributed by atoms with Gasteiger partial charge in [-0.05, 0) is 67.8 Å². The van der Waals surface area contributed by atoms with Gasteiger partial charge < -0.3 is 52.9 Å². The van der Waals surface area contributed by atoms with E-state index < -0.39 is 0 Å². The number of anilines is 1. The van der Waals surface area contributed by atoms with E-state index in [9.17, 15) is 0 Å². The second-order valence-corrected chi connectivity index (χ2v) is 10.3. The first kappa shape index (κ1) is 32.6. The first-order chi connectivity index (χ1) is 20.2. The molecule has 0 saturated heterocycles. The third-order valence-electron chi connectivity index (χ3n) is 8.04. The maximum atomic E-state index is 2.35. The number of fused-ring (bicyclic) bond motifs is 3. The lowest BCUT2D eigenvalue weighted by atomic mass is 9.93. The van der Waals surface area contributed by atoms with Crippen molar-refractivity contribution >= 4 is 44.7 Å². The number of nitrogens with zero attached hydrogens (tertiary/aromatic N) is 3. The quantitative estimate of drug-likeness (QED) is 0.140. The smallest absolute Gasteiger partial charge is 0.213 e. The fraction of sp³-hybridized carbons (Fsp3) is 0.158. The molecule has 0 N–H and O–H groups in total. The zero-order valence-corrected chi connectivity index (χ0v) is 29.2. The monoisotopic (exact) mass is 789 g/mol. The largest absolute Gasteiger partial charge is 1.00 e. The summed E-state index contributed by atoms with van der Waals surface area (Å²) in [6.45, 7) is 9.40. The summed E-state index contributed by atoms with van der Waals surface area (Å²) >= 11 is 0. The highest BCUT2D eigenvalue weighted by atomic mass is 127. The Morgan fingerprint density at radius 3 is 2.07 bits per heavy atom. The van der Waals surface area contributed by atoms with E-state index >= 15 is 0 Å². The van der Waals surface area contributed by atoms with Crippen LogP contribution in [0.3, 0.4) is 0 Å². The van der Waals surface area contributed by atoms with E-state index in [1.807, 2.05) is 0 Å². The molecule has 0 radical (unpaired) electrons. The predicted molar refractivity (Wildman–Crippen MR) is 173 cm³/mol. The predicted octanol–water partition coefficient (Wildman–Crippen LogP) is 2.15. The van der Waals surface area contributed by atoms with Gasteiger partial charge in [0.2, 0.25) is 11.0 Å². The fourth-order valence-electron chi connectivity index (χ4n) is 5.89. The molecular weight excluding hydrogens is 752 g/mol. The van der Waals surface area contributed by atoms with Gasteiger partial charge in [-0.2, -0.15) is 9.13 Å². The first-order valence-electron chi connectivity index (χ1n) is 14.7. The van der Waals surface area contributed by atoms with Crippen molar-refractivity contribution in [2.24, 2.45) is 0 Å². The van der Waals surface area contributed by atoms with Crippen molar-refractivity contribution in [2.45, 2.75) is 33.9 Å². The highest BCUT2D eigenvalue weighted by Gasteiger charge is 2.17. The first-order valence-corrected chi connectivity index (χ1v) is 14.7. The Balaban J connectivity index is 0.00000212. The van der Waals surface area contributed by atoms with Crippen LogP contribution in [0.25, 0.3) is 39.0 Å². The zero-order chi connectivity index (χ0) is 28.2. The van der Waals surface area contributed by atoms with Crippen LogP contribution >= 0.6 is 0 Å². The van der Waals surface area contributed by atoms with Crippen LogP contribution < -0.4 is 62.0 Å². The van der Waals surface area contributed by atoms with Gasteiger partial charge in [-0.3, -0.25) is 0 Å². The Kier molecular flexibility index (Phi) is 11.3. The molecule has 5 heteroatoms. The molecule has 3 heterocycles. The van der Waals surface area contributed by atoms with Gasteiger partial charge in [-0.25, -0.2) is 0 Å². The zero-order valence-electron chi connectivity index (χ0n) is 24.9. The Morgan fingerprint density at radius 1 is 0.721 bits per heavy atom. The van der Waals surface area contributed by atoms with Crippen LogP contribution in [0.1, 0.15) is 37.5 Å². The summed E-state index contributed by atoms with van der Waals surface area (Å²) in [5.74, 6) is 0. The molecule has 3 nitrogen and oxygen atoms in total. The van der Waals surface area contributed by atoms with Crippen molar-refractivity contribution in [1.82, 2.24) is 0 Å². The van der Waals surface area contributed by atoms with E-state index in [0.29, 0.717) is 0 Å². The third-order valence-corrected chi connectivity index (χ3v) is 8.04. The number of para-hydroxylation sites is 3. The van der Waals surface area contributed by atoms with E-state index in [-0.39, 0.29) is 48.0 Å². The van der Waals surface area contributed by atoms with E-state index in [1.165, 1.54) is 55.3 Å². The van der Waals surface area contributed by atoms with Gasteiger partial charge in [0.1, 0.15) is 13.1 Å². The molecule has 0 atom stereocenters. The molecule has 5 aromatic rings. The molecule has 0 fully saturated rings. The van der Waals surface area contributed by atoms with Crippen LogP contribution in [-0.4, -0.2) is 6.54 Å². The molecule has 43 heavy (non-hydrogen) atoms. The van der Waals surface area contributed by atoms with Gasteiger partial charge in [-0.15, -0.1) is 0 Å². The van der Waals surface area contributed by atoms with Gasteiger partial charge >= 0.3 is 0 Å². The lowest BCUT2D eigenvalue weighted by molar-refractivity contribution is -0.668. The molecule has 0 amide bonds. The molecule has 0 bridgehead atoms. The summed E-state index contributed by atoms with van der Waals surface area (Å²) in [6.07, 6.45) is 17.9. The van der Waals surface area contributed by atoms with Gasteiger partial charge in [0.15, 0.2) is 12.4 Å². The summed E-state index contributed by atoms with van der Waals surface area (Å²) in [7, 11) is 0. The molecule has 1 aliphatic heterocycles. The summed E-state index contributed by atoms with van der Waals surface area (Å²) in [4.78, 5) is 2.31. The minimum absolute atomic E-state index is 0. The van der Waals surface area contributed by atoms with E-state index in [2.05, 4.69) is 169 Å². The van der Waals surface area contributed by atoms with Crippen molar-refractivity contribution < 1.29 is 57.1 Å². The second-order valence-electron chi connectivity index (χ2n) is 10.3. The number of pyridine rings is 2. The van der Waals surface area contributed by atoms with Crippen molar-refractivity contribution in [1.29, 1.82) is 0 Å². The lowest BCUT2D eigenvalue weighted by Crippen LogP contribution is -3.00. The maximum Gasteiger partial charge on any atom is 0.213 e. The molecule has 0 saturated carbocycles. The molecule has 3 aromatic carbocycles. The normalized spacial score (nSPS) is 13.8.